The first kappa shape index (κ1) is 33.3. The summed E-state index contributed by atoms with van der Waals surface area (Å²) in [4.78, 5) is 20.6. The fourth-order valence-electron chi connectivity index (χ4n) is 4.66. The number of ether oxygens (including phenoxy) is 4. The number of hydrogen-bond donors (Lipinski definition) is 3. The van der Waals surface area contributed by atoms with E-state index in [0.717, 1.165) is 5.56 Å². The molecule has 2 aromatic heterocycles. The van der Waals surface area contributed by atoms with Crippen molar-refractivity contribution >= 4 is 44.3 Å². The Kier molecular flexibility index (Phi) is 11.3. The van der Waals surface area contributed by atoms with Gasteiger partial charge in [-0.15, -0.1) is 11.8 Å². The van der Waals surface area contributed by atoms with Crippen LogP contribution in [0.25, 0.3) is 10.9 Å². The van der Waals surface area contributed by atoms with Gasteiger partial charge in [0.1, 0.15) is 18.1 Å². The number of benzene rings is 2. The molecule has 44 heavy (non-hydrogen) atoms. The average molecular weight is 643 g/mol. The van der Waals surface area contributed by atoms with Crippen LogP contribution in [0.15, 0.2) is 71.9 Å². The molecule has 0 aliphatic carbocycles. The molecule has 0 saturated heterocycles. The highest BCUT2D eigenvalue weighted by atomic mass is 32.2. The highest BCUT2D eigenvalue weighted by molar-refractivity contribution is 8.00. The number of anilines is 1. The largest absolute Gasteiger partial charge is 0.491 e. The second kappa shape index (κ2) is 14.9. The summed E-state index contributed by atoms with van der Waals surface area (Å²) in [7, 11) is 0.637. The minimum atomic E-state index is -4.06. The van der Waals surface area contributed by atoms with Gasteiger partial charge in [-0.1, -0.05) is 36.4 Å². The molecule has 3 N–H and O–H groups in total. The third-order valence-corrected chi connectivity index (χ3v) is 9.80. The number of nitrogens with zero attached hydrogens (tertiary/aromatic N) is 1. The lowest BCUT2D eigenvalue weighted by Crippen LogP contribution is -2.48. The molecule has 0 aliphatic heterocycles. The van der Waals surface area contributed by atoms with Gasteiger partial charge in [0.15, 0.2) is 11.3 Å². The van der Waals surface area contributed by atoms with Crippen molar-refractivity contribution in [3.05, 3.63) is 83.7 Å². The van der Waals surface area contributed by atoms with E-state index in [-0.39, 0.29) is 35.5 Å². The van der Waals surface area contributed by atoms with Gasteiger partial charge in [-0.05, 0) is 43.2 Å². The van der Waals surface area contributed by atoms with E-state index in [1.807, 2.05) is 37.3 Å². The third kappa shape index (κ3) is 8.10. The molecule has 13 heteroatoms. The van der Waals surface area contributed by atoms with Crippen molar-refractivity contribution in [3.8, 4) is 5.75 Å². The first-order valence-corrected chi connectivity index (χ1v) is 16.3. The van der Waals surface area contributed by atoms with Crippen molar-refractivity contribution in [2.75, 3.05) is 45.8 Å². The van der Waals surface area contributed by atoms with Crippen molar-refractivity contribution in [1.29, 1.82) is 0 Å². The predicted molar refractivity (Wildman–Crippen MR) is 172 cm³/mol. The number of aromatic amines is 1. The number of sulfonamides is 1. The quantitative estimate of drug-likeness (QED) is 0.117. The number of aryl methyl sites for hydroxylation is 1. The normalized spacial score (nSPS) is 13.1. The maximum Gasteiger partial charge on any atom is 0.279 e. The van der Waals surface area contributed by atoms with Gasteiger partial charge in [-0.2, -0.15) is 8.42 Å². The monoisotopic (exact) mass is 642 g/mol. The molecule has 0 spiro atoms. The van der Waals surface area contributed by atoms with E-state index in [4.69, 9.17) is 18.9 Å². The Morgan fingerprint density at radius 3 is 2.48 bits per heavy atom. The molecule has 4 rings (SSSR count). The number of H-pyrrole nitrogens is 1. The lowest BCUT2D eigenvalue weighted by molar-refractivity contribution is -0.120. The van der Waals surface area contributed by atoms with Crippen LogP contribution >= 0.6 is 11.8 Å². The summed E-state index contributed by atoms with van der Waals surface area (Å²) < 4.78 is 50.7. The number of carbonyl (C=O) groups is 1. The van der Waals surface area contributed by atoms with Crippen LogP contribution in [-0.2, 0) is 30.0 Å². The van der Waals surface area contributed by atoms with Gasteiger partial charge in [-0.3, -0.25) is 9.52 Å². The fraction of sp³-hybridized carbons (Fsp3) is 0.355. The second-order valence-corrected chi connectivity index (χ2v) is 13.4. The maximum atomic E-state index is 13.5. The van der Waals surface area contributed by atoms with Crippen LogP contribution in [0.5, 0.6) is 5.75 Å². The summed E-state index contributed by atoms with van der Waals surface area (Å²) in [6.07, 6.45) is 0.824. The summed E-state index contributed by atoms with van der Waals surface area (Å²) in [6.45, 7) is 4.47. The number of thioether (sulfide) groups is 1. The summed E-state index contributed by atoms with van der Waals surface area (Å²) in [6, 6.07) is 18.3. The lowest BCUT2D eigenvalue weighted by atomic mass is 10.1. The number of fused-ring (bicyclic) bond motifs is 1. The van der Waals surface area contributed by atoms with E-state index in [1.54, 1.807) is 70.3 Å². The summed E-state index contributed by atoms with van der Waals surface area (Å²) >= 11 is 1.61. The number of methoxy groups -OCH3 is 3. The van der Waals surface area contributed by atoms with Crippen molar-refractivity contribution in [2.24, 2.45) is 0 Å². The predicted octanol–water partition coefficient (Wildman–Crippen LogP) is 4.74. The van der Waals surface area contributed by atoms with Crippen molar-refractivity contribution in [1.82, 2.24) is 15.3 Å². The standard InChI is InChI=1S/C31H38N4O7S2/c1-21-10-9-13-32-29(21)44(37,38)35-25-18-24(42-15-14-39-3)16-23-17-26(34-27(23)25)28(36)33-20-31(2,30(40-4)41-5)43-19-22-11-7-6-8-12-22/h6-13,16-18,30,34-35H,14-15,19-20H2,1-5H3,(H,33,36). The highest BCUT2D eigenvalue weighted by Crippen LogP contribution is 2.34. The third-order valence-electron chi connectivity index (χ3n) is 6.90. The Morgan fingerprint density at radius 1 is 1.05 bits per heavy atom. The Labute approximate surface area is 262 Å². The molecular formula is C31H38N4O7S2. The van der Waals surface area contributed by atoms with Gasteiger partial charge in [0.2, 0.25) is 0 Å². The van der Waals surface area contributed by atoms with Crippen LogP contribution in [0, 0.1) is 6.92 Å². The minimum absolute atomic E-state index is 0.0958. The van der Waals surface area contributed by atoms with Crippen LogP contribution in [-0.4, -0.2) is 76.4 Å². The number of hydrogen-bond acceptors (Lipinski definition) is 9. The van der Waals surface area contributed by atoms with Gasteiger partial charge < -0.3 is 29.2 Å². The van der Waals surface area contributed by atoms with Gasteiger partial charge >= 0.3 is 0 Å². The lowest BCUT2D eigenvalue weighted by Gasteiger charge is -2.35. The second-order valence-electron chi connectivity index (χ2n) is 10.3. The SMILES string of the molecule is COCCOc1cc(NS(=O)(=O)c2ncccc2C)c2[nH]c(C(=O)NCC(C)(SCc3ccccc3)C(OC)OC)cc2c1. The minimum Gasteiger partial charge on any atom is -0.491 e. The zero-order valence-corrected chi connectivity index (χ0v) is 27.0. The van der Waals surface area contributed by atoms with Gasteiger partial charge in [0.05, 0.1) is 22.6 Å². The molecule has 1 unspecified atom stereocenters. The fourth-order valence-corrected chi connectivity index (χ4v) is 7.09. The zero-order chi connectivity index (χ0) is 31.7. The number of aromatic nitrogens is 2. The molecule has 0 fully saturated rings. The molecule has 2 aromatic carbocycles. The number of carbonyl (C=O) groups excluding carboxylic acids is 1. The first-order chi connectivity index (χ1) is 21.1. The smallest absolute Gasteiger partial charge is 0.279 e. The molecule has 236 valence electrons. The number of pyridine rings is 1. The molecule has 0 radical (unpaired) electrons. The summed E-state index contributed by atoms with van der Waals surface area (Å²) in [5, 5.41) is 3.48. The van der Waals surface area contributed by atoms with Crippen molar-refractivity contribution < 1.29 is 32.2 Å². The van der Waals surface area contributed by atoms with Crippen LogP contribution in [0.1, 0.15) is 28.5 Å². The summed E-state index contributed by atoms with van der Waals surface area (Å²) in [5.41, 5.74) is 2.50. The molecule has 1 amide bonds. The number of rotatable bonds is 16. The van der Waals surface area contributed by atoms with Crippen molar-refractivity contribution in [2.45, 2.75) is 35.7 Å². The molecule has 0 saturated carbocycles. The molecule has 1 atom stereocenters. The van der Waals surface area contributed by atoms with Crippen LogP contribution in [0.4, 0.5) is 5.69 Å². The molecule has 0 aliphatic rings. The van der Waals surface area contributed by atoms with E-state index < -0.39 is 21.1 Å². The molecule has 0 bridgehead atoms. The molecule has 2 heterocycles. The van der Waals surface area contributed by atoms with Crippen LogP contribution in [0.3, 0.4) is 0 Å². The molecule has 4 aromatic rings. The number of nitrogens with one attached hydrogen (secondary N) is 3. The topological polar surface area (TPSA) is 141 Å². The highest BCUT2D eigenvalue weighted by Gasteiger charge is 2.36. The van der Waals surface area contributed by atoms with E-state index in [0.29, 0.717) is 34.6 Å². The zero-order valence-electron chi connectivity index (χ0n) is 25.4. The van der Waals surface area contributed by atoms with E-state index >= 15 is 0 Å². The molecule has 11 nitrogen and oxygen atoms in total. The van der Waals surface area contributed by atoms with Crippen LogP contribution in [0.2, 0.25) is 0 Å². The van der Waals surface area contributed by atoms with E-state index in [9.17, 15) is 13.2 Å². The summed E-state index contributed by atoms with van der Waals surface area (Å²) in [5.74, 6) is 0.715. The average Bonchev–Trinajstić information content (AvgIpc) is 3.45. The first-order valence-electron chi connectivity index (χ1n) is 13.8. The Hall–Kier alpha value is -3.62. The Bertz CT molecular complexity index is 1660. The Morgan fingerprint density at radius 2 is 1.80 bits per heavy atom. The van der Waals surface area contributed by atoms with Gasteiger partial charge in [-0.25, -0.2) is 4.98 Å². The maximum absolute atomic E-state index is 13.5. The Balaban J connectivity index is 1.61. The van der Waals surface area contributed by atoms with Crippen LogP contribution < -0.4 is 14.8 Å². The van der Waals surface area contributed by atoms with Gasteiger partial charge in [0, 0.05) is 51.3 Å². The van der Waals surface area contributed by atoms with E-state index in [1.165, 1.54) is 6.20 Å². The van der Waals surface area contributed by atoms with E-state index in [2.05, 4.69) is 20.0 Å². The van der Waals surface area contributed by atoms with Crippen molar-refractivity contribution in [3.63, 3.8) is 0 Å². The molecular weight excluding hydrogens is 604 g/mol. The number of amides is 1. The van der Waals surface area contributed by atoms with Gasteiger partial charge in [0.25, 0.3) is 15.9 Å².